The van der Waals surface area contributed by atoms with Crippen molar-refractivity contribution < 1.29 is 4.74 Å². The summed E-state index contributed by atoms with van der Waals surface area (Å²) in [4.78, 5) is 6.30. The Balaban J connectivity index is 2.29. The number of nitrogens with zero attached hydrogens (tertiary/aromatic N) is 2. The molecule has 1 saturated heterocycles. The van der Waals surface area contributed by atoms with Crippen molar-refractivity contribution in [2.75, 3.05) is 24.7 Å². The van der Waals surface area contributed by atoms with Crippen LogP contribution in [0.3, 0.4) is 0 Å². The van der Waals surface area contributed by atoms with Crippen LogP contribution < -0.4 is 4.90 Å². The predicted octanol–water partition coefficient (Wildman–Crippen LogP) is 2.35. The van der Waals surface area contributed by atoms with Crippen LogP contribution >= 0.6 is 11.6 Å². The lowest BCUT2D eigenvalue weighted by Gasteiger charge is -2.43. The Labute approximate surface area is 95.0 Å². The van der Waals surface area contributed by atoms with Crippen molar-refractivity contribution in [1.29, 1.82) is 0 Å². The average molecular weight is 227 g/mol. The number of rotatable bonds is 1. The maximum absolute atomic E-state index is 5.89. The fourth-order valence-corrected chi connectivity index (χ4v) is 2.07. The third kappa shape index (κ3) is 2.24. The number of pyridine rings is 1. The van der Waals surface area contributed by atoms with E-state index in [1.54, 1.807) is 6.20 Å². The molecule has 0 unspecified atom stereocenters. The molecule has 1 fully saturated rings. The molecule has 0 amide bonds. The van der Waals surface area contributed by atoms with Gasteiger partial charge in [0.25, 0.3) is 0 Å². The zero-order chi connectivity index (χ0) is 10.9. The summed E-state index contributed by atoms with van der Waals surface area (Å²) < 4.78 is 5.48. The van der Waals surface area contributed by atoms with Crippen molar-refractivity contribution in [2.45, 2.75) is 19.4 Å². The van der Waals surface area contributed by atoms with Gasteiger partial charge in [-0.1, -0.05) is 11.6 Å². The summed E-state index contributed by atoms with van der Waals surface area (Å²) >= 11 is 5.89. The fraction of sp³-hybridized carbons (Fsp3) is 0.545. The molecule has 0 spiro atoms. The van der Waals surface area contributed by atoms with Crippen molar-refractivity contribution >= 4 is 17.3 Å². The Morgan fingerprint density at radius 1 is 1.53 bits per heavy atom. The third-order valence-corrected chi connectivity index (χ3v) is 2.87. The molecular formula is C11H15ClN2O. The number of hydrogen-bond donors (Lipinski definition) is 0. The third-order valence-electron chi connectivity index (χ3n) is 2.67. The van der Waals surface area contributed by atoms with Gasteiger partial charge in [0.15, 0.2) is 0 Å². The van der Waals surface area contributed by atoms with Crippen LogP contribution in [0.25, 0.3) is 0 Å². The van der Waals surface area contributed by atoms with E-state index >= 15 is 0 Å². The van der Waals surface area contributed by atoms with Crippen LogP contribution in [0.4, 0.5) is 5.69 Å². The van der Waals surface area contributed by atoms with Crippen molar-refractivity contribution in [2.24, 2.45) is 0 Å². The maximum atomic E-state index is 5.89. The zero-order valence-corrected chi connectivity index (χ0v) is 9.79. The molecule has 0 atom stereocenters. The highest BCUT2D eigenvalue weighted by Gasteiger charge is 2.30. The van der Waals surface area contributed by atoms with E-state index in [9.17, 15) is 0 Å². The molecule has 3 nitrogen and oxygen atoms in total. The second-order valence-electron chi connectivity index (χ2n) is 4.35. The normalized spacial score (nSPS) is 20.3. The minimum absolute atomic E-state index is 0.0168. The van der Waals surface area contributed by atoms with Crippen LogP contribution in [0.5, 0.6) is 0 Å². The van der Waals surface area contributed by atoms with Gasteiger partial charge >= 0.3 is 0 Å². The Morgan fingerprint density at radius 3 is 3.00 bits per heavy atom. The Kier molecular flexibility index (Phi) is 2.85. The van der Waals surface area contributed by atoms with Crippen LogP contribution in [-0.4, -0.2) is 30.3 Å². The quantitative estimate of drug-likeness (QED) is 0.688. The van der Waals surface area contributed by atoms with Crippen LogP contribution in [0.1, 0.15) is 13.8 Å². The number of ether oxygens (including phenoxy) is 1. The molecule has 0 aliphatic carbocycles. The number of aromatic nitrogens is 1. The van der Waals surface area contributed by atoms with Crippen molar-refractivity contribution in [3.05, 3.63) is 23.5 Å². The molecule has 1 aliphatic rings. The van der Waals surface area contributed by atoms with E-state index in [4.69, 9.17) is 16.3 Å². The topological polar surface area (TPSA) is 25.4 Å². The summed E-state index contributed by atoms with van der Waals surface area (Å²) in [5, 5.41) is 0.537. The van der Waals surface area contributed by atoms with Gasteiger partial charge in [0.05, 0.1) is 18.8 Å². The zero-order valence-electron chi connectivity index (χ0n) is 9.03. The molecule has 2 heterocycles. The minimum atomic E-state index is 0.0168. The molecule has 0 aromatic carbocycles. The van der Waals surface area contributed by atoms with Crippen molar-refractivity contribution in [3.8, 4) is 0 Å². The molecule has 1 aromatic heterocycles. The van der Waals surface area contributed by atoms with Gasteiger partial charge < -0.3 is 9.64 Å². The molecular weight excluding hydrogens is 212 g/mol. The van der Waals surface area contributed by atoms with Crippen LogP contribution in [0.2, 0.25) is 5.15 Å². The smallest absolute Gasteiger partial charge is 0.131 e. The molecule has 0 radical (unpaired) electrons. The Hall–Kier alpha value is -0.800. The van der Waals surface area contributed by atoms with E-state index < -0.39 is 0 Å². The van der Waals surface area contributed by atoms with E-state index in [1.165, 1.54) is 0 Å². The van der Waals surface area contributed by atoms with E-state index in [1.807, 2.05) is 12.1 Å². The minimum Gasteiger partial charge on any atom is -0.377 e. The highest BCUT2D eigenvalue weighted by Crippen LogP contribution is 2.27. The summed E-state index contributed by atoms with van der Waals surface area (Å²) in [5.74, 6) is 0. The summed E-state index contributed by atoms with van der Waals surface area (Å²) in [5.41, 5.74) is 1.13. The standard InChI is InChI=1S/C11H15ClN2O/c1-11(2)8-15-6-5-14(11)9-3-4-13-10(12)7-9/h3-4,7H,5-6,8H2,1-2H3. The SMILES string of the molecule is CC1(C)COCCN1c1ccnc(Cl)c1. The lowest BCUT2D eigenvalue weighted by molar-refractivity contribution is 0.0644. The molecule has 0 saturated carbocycles. The van der Waals surface area contributed by atoms with Gasteiger partial charge in [-0.3, -0.25) is 0 Å². The fourth-order valence-electron chi connectivity index (χ4n) is 1.90. The first-order valence-electron chi connectivity index (χ1n) is 5.06. The predicted molar refractivity (Wildman–Crippen MR) is 61.5 cm³/mol. The number of anilines is 1. The molecule has 0 bridgehead atoms. The van der Waals surface area contributed by atoms with Crippen LogP contribution in [0, 0.1) is 0 Å². The van der Waals surface area contributed by atoms with Gasteiger partial charge in [0.2, 0.25) is 0 Å². The highest BCUT2D eigenvalue weighted by molar-refractivity contribution is 6.29. The number of morpholine rings is 1. The molecule has 2 rings (SSSR count). The second-order valence-corrected chi connectivity index (χ2v) is 4.74. The lowest BCUT2D eigenvalue weighted by atomic mass is 10.0. The molecule has 1 aliphatic heterocycles. The summed E-state index contributed by atoms with van der Waals surface area (Å²) in [6, 6.07) is 3.88. The van der Waals surface area contributed by atoms with Crippen LogP contribution in [-0.2, 0) is 4.74 Å². The first-order valence-corrected chi connectivity index (χ1v) is 5.44. The number of hydrogen-bond acceptors (Lipinski definition) is 3. The Bertz CT molecular complexity index is 354. The molecule has 15 heavy (non-hydrogen) atoms. The van der Waals surface area contributed by atoms with Crippen molar-refractivity contribution in [1.82, 2.24) is 4.98 Å². The first kappa shape index (κ1) is 10.7. The second kappa shape index (κ2) is 3.99. The van der Waals surface area contributed by atoms with E-state index in [2.05, 4.69) is 23.7 Å². The number of halogens is 1. The van der Waals surface area contributed by atoms with Gasteiger partial charge in [0.1, 0.15) is 5.15 Å². The Morgan fingerprint density at radius 2 is 2.33 bits per heavy atom. The molecule has 4 heteroatoms. The first-order chi connectivity index (χ1) is 7.09. The van der Waals surface area contributed by atoms with Gasteiger partial charge in [-0.05, 0) is 26.0 Å². The molecule has 0 N–H and O–H groups in total. The maximum Gasteiger partial charge on any atom is 0.131 e. The van der Waals surface area contributed by atoms with Gasteiger partial charge in [0, 0.05) is 18.4 Å². The van der Waals surface area contributed by atoms with Gasteiger partial charge in [-0.15, -0.1) is 0 Å². The van der Waals surface area contributed by atoms with Gasteiger partial charge in [-0.25, -0.2) is 4.98 Å². The highest BCUT2D eigenvalue weighted by atomic mass is 35.5. The summed E-state index contributed by atoms with van der Waals surface area (Å²) in [7, 11) is 0. The van der Waals surface area contributed by atoms with Crippen molar-refractivity contribution in [3.63, 3.8) is 0 Å². The summed E-state index contributed by atoms with van der Waals surface area (Å²) in [6.45, 7) is 6.74. The van der Waals surface area contributed by atoms with E-state index in [0.717, 1.165) is 25.4 Å². The largest absolute Gasteiger partial charge is 0.377 e. The van der Waals surface area contributed by atoms with E-state index in [0.29, 0.717) is 5.15 Å². The molecule has 1 aromatic rings. The van der Waals surface area contributed by atoms with Gasteiger partial charge in [-0.2, -0.15) is 0 Å². The van der Waals surface area contributed by atoms with E-state index in [-0.39, 0.29) is 5.54 Å². The lowest BCUT2D eigenvalue weighted by Crippen LogP contribution is -2.53. The average Bonchev–Trinajstić information content (AvgIpc) is 2.17. The monoisotopic (exact) mass is 226 g/mol. The van der Waals surface area contributed by atoms with Crippen LogP contribution in [0.15, 0.2) is 18.3 Å². The molecule has 82 valence electrons. The summed E-state index contributed by atoms with van der Waals surface area (Å²) in [6.07, 6.45) is 1.74.